The highest BCUT2D eigenvalue weighted by Crippen LogP contribution is 2.36. The van der Waals surface area contributed by atoms with Crippen LogP contribution >= 0.6 is 11.8 Å². The molecule has 2 amide bonds. The summed E-state index contributed by atoms with van der Waals surface area (Å²) >= 11 is 1.46. The molecule has 1 N–H and O–H groups in total. The van der Waals surface area contributed by atoms with Crippen LogP contribution in [0.25, 0.3) is 0 Å². The van der Waals surface area contributed by atoms with Gasteiger partial charge in [0.25, 0.3) is 5.91 Å². The molecule has 0 spiro atoms. The van der Waals surface area contributed by atoms with Crippen LogP contribution < -0.4 is 10.1 Å². The standard InChI is InChI=1S/C28H25FN4O3S/c1-36-21-12-8-18(9-13-21)16-30-25(34)15-14-24-27(35)32-26-22-4-2-3-5-23(22)31-28(33(24)26)37-17-19-6-10-20(29)11-7-19/h2-13,24H,14-17H2,1H3,(H,30,34). The first-order valence-corrected chi connectivity index (χ1v) is 12.9. The van der Waals surface area contributed by atoms with Gasteiger partial charge in [0.15, 0.2) is 5.17 Å². The highest BCUT2D eigenvalue weighted by molar-refractivity contribution is 8.13. The van der Waals surface area contributed by atoms with E-state index in [-0.39, 0.29) is 24.1 Å². The van der Waals surface area contributed by atoms with Crippen LogP contribution in [0.3, 0.4) is 0 Å². The minimum atomic E-state index is -0.616. The lowest BCUT2D eigenvalue weighted by molar-refractivity contribution is -0.122. The largest absolute Gasteiger partial charge is 0.497 e. The molecule has 3 aromatic rings. The summed E-state index contributed by atoms with van der Waals surface area (Å²) in [6.45, 7) is 0.389. The van der Waals surface area contributed by atoms with Crippen molar-refractivity contribution < 1.29 is 18.7 Å². The molecule has 0 aliphatic carbocycles. The van der Waals surface area contributed by atoms with Crippen molar-refractivity contribution in [2.75, 3.05) is 7.11 Å². The number of aliphatic imine (C=N–C) groups is 2. The van der Waals surface area contributed by atoms with Crippen LogP contribution in [0.4, 0.5) is 10.1 Å². The Hall–Kier alpha value is -3.98. The highest BCUT2D eigenvalue weighted by atomic mass is 32.2. The Labute approximate surface area is 218 Å². The van der Waals surface area contributed by atoms with Crippen molar-refractivity contribution in [1.29, 1.82) is 0 Å². The van der Waals surface area contributed by atoms with E-state index < -0.39 is 6.04 Å². The minimum Gasteiger partial charge on any atom is -0.497 e. The fraction of sp³-hybridized carbons (Fsp3) is 0.214. The van der Waals surface area contributed by atoms with Crippen molar-refractivity contribution in [1.82, 2.24) is 10.2 Å². The van der Waals surface area contributed by atoms with Crippen molar-refractivity contribution in [3.05, 3.63) is 95.3 Å². The summed E-state index contributed by atoms with van der Waals surface area (Å²) in [6, 6.07) is 20.7. The van der Waals surface area contributed by atoms with E-state index in [1.807, 2.05) is 53.4 Å². The lowest BCUT2D eigenvalue weighted by Crippen LogP contribution is -2.44. The van der Waals surface area contributed by atoms with Crippen LogP contribution in [0.5, 0.6) is 5.75 Å². The summed E-state index contributed by atoms with van der Waals surface area (Å²) < 4.78 is 18.5. The van der Waals surface area contributed by atoms with Gasteiger partial charge < -0.3 is 10.1 Å². The van der Waals surface area contributed by atoms with Crippen molar-refractivity contribution in [2.45, 2.75) is 31.2 Å². The van der Waals surface area contributed by atoms with Gasteiger partial charge >= 0.3 is 0 Å². The summed E-state index contributed by atoms with van der Waals surface area (Å²) in [5.74, 6) is 1.14. The number of carbonyl (C=O) groups is 2. The van der Waals surface area contributed by atoms with E-state index in [4.69, 9.17) is 9.73 Å². The van der Waals surface area contributed by atoms with Gasteiger partial charge in [0, 0.05) is 24.3 Å². The zero-order valence-corrected chi connectivity index (χ0v) is 21.0. The van der Waals surface area contributed by atoms with Crippen molar-refractivity contribution >= 4 is 40.3 Å². The van der Waals surface area contributed by atoms with Crippen molar-refractivity contribution in [3.63, 3.8) is 0 Å². The molecule has 188 valence electrons. The molecule has 2 aliphatic rings. The number of ether oxygens (including phenoxy) is 1. The topological polar surface area (TPSA) is 83.4 Å². The second-order valence-electron chi connectivity index (χ2n) is 8.65. The molecular weight excluding hydrogens is 491 g/mol. The number of amidine groups is 2. The van der Waals surface area contributed by atoms with E-state index in [0.717, 1.165) is 28.1 Å². The maximum atomic E-state index is 13.3. The molecule has 7 nitrogen and oxygen atoms in total. The summed E-state index contributed by atoms with van der Waals surface area (Å²) in [6.07, 6.45) is 0.474. The lowest BCUT2D eigenvalue weighted by Gasteiger charge is -2.31. The van der Waals surface area contributed by atoms with E-state index in [0.29, 0.717) is 29.7 Å². The van der Waals surface area contributed by atoms with E-state index in [9.17, 15) is 14.0 Å². The molecular formula is C28H25FN4O3S. The molecule has 1 unspecified atom stereocenters. The van der Waals surface area contributed by atoms with E-state index in [2.05, 4.69) is 10.3 Å². The third-order valence-electron chi connectivity index (χ3n) is 6.18. The number of benzene rings is 3. The molecule has 0 radical (unpaired) electrons. The normalized spacial score (nSPS) is 16.0. The third-order valence-corrected chi connectivity index (χ3v) is 7.21. The zero-order chi connectivity index (χ0) is 25.8. The highest BCUT2D eigenvalue weighted by Gasteiger charge is 2.41. The molecule has 37 heavy (non-hydrogen) atoms. The molecule has 3 aromatic carbocycles. The predicted molar refractivity (Wildman–Crippen MR) is 142 cm³/mol. The number of methoxy groups -OCH3 is 1. The fourth-order valence-electron chi connectivity index (χ4n) is 4.20. The third kappa shape index (κ3) is 5.56. The van der Waals surface area contributed by atoms with E-state index in [1.54, 1.807) is 19.2 Å². The van der Waals surface area contributed by atoms with Gasteiger partial charge in [-0.1, -0.05) is 48.2 Å². The lowest BCUT2D eigenvalue weighted by atomic mass is 10.1. The quantitative estimate of drug-likeness (QED) is 0.464. The van der Waals surface area contributed by atoms with E-state index >= 15 is 0 Å². The average Bonchev–Trinajstić information content (AvgIpc) is 3.26. The number of carbonyl (C=O) groups excluding carboxylic acids is 2. The Morgan fingerprint density at radius 2 is 1.76 bits per heavy atom. The Morgan fingerprint density at radius 3 is 2.51 bits per heavy atom. The van der Waals surface area contributed by atoms with Crippen LogP contribution in [0.2, 0.25) is 0 Å². The van der Waals surface area contributed by atoms with Gasteiger partial charge in [-0.15, -0.1) is 0 Å². The predicted octanol–water partition coefficient (Wildman–Crippen LogP) is 4.82. The first kappa shape index (κ1) is 24.7. The molecule has 5 rings (SSSR count). The van der Waals surface area contributed by atoms with Gasteiger partial charge in [-0.2, -0.15) is 4.99 Å². The maximum absolute atomic E-state index is 13.3. The van der Waals surface area contributed by atoms with Gasteiger partial charge in [-0.3, -0.25) is 14.5 Å². The number of para-hydroxylation sites is 1. The molecule has 2 aliphatic heterocycles. The van der Waals surface area contributed by atoms with Crippen LogP contribution in [0, 0.1) is 5.82 Å². The molecule has 9 heteroatoms. The van der Waals surface area contributed by atoms with Gasteiger partial charge in [-0.25, -0.2) is 9.38 Å². The molecule has 0 saturated heterocycles. The number of fused-ring (bicyclic) bond motifs is 3. The maximum Gasteiger partial charge on any atom is 0.270 e. The summed E-state index contributed by atoms with van der Waals surface area (Å²) in [7, 11) is 1.61. The number of halogens is 1. The van der Waals surface area contributed by atoms with Crippen LogP contribution in [-0.4, -0.2) is 40.9 Å². The Kier molecular flexibility index (Phi) is 7.32. The molecule has 1 atom stereocenters. The monoisotopic (exact) mass is 516 g/mol. The second kappa shape index (κ2) is 11.0. The van der Waals surface area contributed by atoms with Crippen LogP contribution in [0.15, 0.2) is 82.8 Å². The van der Waals surface area contributed by atoms with Gasteiger partial charge in [-0.05, 0) is 53.9 Å². The number of nitrogens with one attached hydrogen (secondary N) is 1. The number of rotatable bonds is 8. The fourth-order valence-corrected chi connectivity index (χ4v) is 5.21. The number of hydrogen-bond acceptors (Lipinski definition) is 6. The Balaban J connectivity index is 1.27. The molecule has 0 bridgehead atoms. The second-order valence-corrected chi connectivity index (χ2v) is 9.59. The summed E-state index contributed by atoms with van der Waals surface area (Å²) in [5.41, 5.74) is 3.42. The zero-order valence-electron chi connectivity index (χ0n) is 20.2. The number of amides is 2. The SMILES string of the molecule is COc1ccc(CNC(=O)CCC2C(=O)N=C3c4ccccc4N=C(SCc4ccc(F)cc4)N32)cc1. The smallest absolute Gasteiger partial charge is 0.270 e. The Morgan fingerprint density at radius 1 is 1.03 bits per heavy atom. The van der Waals surface area contributed by atoms with Crippen molar-refractivity contribution in [2.24, 2.45) is 9.98 Å². The summed E-state index contributed by atoms with van der Waals surface area (Å²) in [5, 5.41) is 3.55. The van der Waals surface area contributed by atoms with E-state index in [1.165, 1.54) is 23.9 Å². The molecule has 2 heterocycles. The molecule has 0 aromatic heterocycles. The first-order valence-electron chi connectivity index (χ1n) is 11.9. The Bertz CT molecular complexity index is 1370. The number of hydrogen-bond donors (Lipinski definition) is 1. The molecule has 0 saturated carbocycles. The number of nitrogens with zero attached hydrogens (tertiary/aromatic N) is 3. The molecule has 0 fully saturated rings. The van der Waals surface area contributed by atoms with Crippen molar-refractivity contribution in [3.8, 4) is 5.75 Å². The average molecular weight is 517 g/mol. The van der Waals surface area contributed by atoms with Gasteiger partial charge in [0.1, 0.15) is 23.4 Å². The van der Waals surface area contributed by atoms with Gasteiger partial charge in [0.2, 0.25) is 5.91 Å². The first-order chi connectivity index (χ1) is 18.0. The van der Waals surface area contributed by atoms with Crippen LogP contribution in [-0.2, 0) is 21.9 Å². The summed E-state index contributed by atoms with van der Waals surface area (Å²) in [4.78, 5) is 36.6. The minimum absolute atomic E-state index is 0.146. The van der Waals surface area contributed by atoms with Gasteiger partial charge in [0.05, 0.1) is 12.8 Å². The number of thioether (sulfide) groups is 1. The van der Waals surface area contributed by atoms with Crippen LogP contribution in [0.1, 0.15) is 29.5 Å².